The lowest BCUT2D eigenvalue weighted by atomic mass is 10.2. The Morgan fingerprint density at radius 3 is 2.12 bits per heavy atom. The summed E-state index contributed by atoms with van der Waals surface area (Å²) in [5.41, 5.74) is 2.53. The normalized spacial score (nSPS) is 12.7. The summed E-state index contributed by atoms with van der Waals surface area (Å²) in [6, 6.07) is 15.1. The van der Waals surface area contributed by atoms with Gasteiger partial charge in [0, 0.05) is 19.8 Å². The molecule has 1 atom stereocenters. The van der Waals surface area contributed by atoms with E-state index in [0.29, 0.717) is 10.7 Å². The number of nitrogens with one attached hydrogen (secondary N) is 1. The van der Waals surface area contributed by atoms with Gasteiger partial charge in [-0.3, -0.25) is 4.57 Å². The summed E-state index contributed by atoms with van der Waals surface area (Å²) in [4.78, 5) is 2.00. The maximum absolute atomic E-state index is 13.5. The lowest BCUT2D eigenvalue weighted by Crippen LogP contribution is -2.16. The van der Waals surface area contributed by atoms with Gasteiger partial charge in [-0.1, -0.05) is 35.9 Å². The average Bonchev–Trinajstić information content (AvgIpc) is 2.61. The van der Waals surface area contributed by atoms with Crippen molar-refractivity contribution in [3.05, 3.63) is 59.1 Å². The lowest BCUT2D eigenvalue weighted by Gasteiger charge is -2.29. The Morgan fingerprint density at radius 2 is 1.62 bits per heavy atom. The quantitative estimate of drug-likeness (QED) is 0.544. The molecule has 1 unspecified atom stereocenters. The van der Waals surface area contributed by atoms with Gasteiger partial charge in [0.2, 0.25) is 0 Å². The number of hydrogen-bond donors (Lipinski definition) is 1. The number of anilines is 2. The molecule has 2 aromatic carbocycles. The highest BCUT2D eigenvalue weighted by Crippen LogP contribution is 2.61. The van der Waals surface area contributed by atoms with Crippen LogP contribution >= 0.6 is 19.2 Å². The largest absolute Gasteiger partial charge is 0.378 e. The Labute approximate surface area is 160 Å². The Morgan fingerprint density at radius 1 is 1.04 bits per heavy atom. The van der Waals surface area contributed by atoms with E-state index in [1.165, 1.54) is 0 Å². The van der Waals surface area contributed by atoms with Crippen LogP contribution in [0.15, 0.2) is 48.5 Å². The van der Waals surface area contributed by atoms with Gasteiger partial charge in [0.1, 0.15) is 0 Å². The topological polar surface area (TPSA) is 50.8 Å². The predicted octanol–water partition coefficient (Wildman–Crippen LogP) is 5.78. The van der Waals surface area contributed by atoms with E-state index in [4.69, 9.17) is 20.6 Å². The van der Waals surface area contributed by atoms with E-state index in [0.717, 1.165) is 11.3 Å². The number of nitrogens with zero attached hydrogens (tertiary/aromatic N) is 1. The highest BCUT2D eigenvalue weighted by molar-refractivity contribution is 7.54. The van der Waals surface area contributed by atoms with Gasteiger partial charge in [-0.25, -0.2) is 0 Å². The molecular weight excluding hydrogens is 371 g/mol. The zero-order valence-electron chi connectivity index (χ0n) is 15.6. The monoisotopic (exact) mass is 396 g/mol. The first-order valence-corrected chi connectivity index (χ1v) is 10.6. The smallest absolute Gasteiger partial charge is 0.357 e. The van der Waals surface area contributed by atoms with Gasteiger partial charge in [0.25, 0.3) is 0 Å². The fourth-order valence-electron chi connectivity index (χ4n) is 2.57. The van der Waals surface area contributed by atoms with E-state index in [-0.39, 0.29) is 13.2 Å². The van der Waals surface area contributed by atoms with Crippen LogP contribution in [0.4, 0.5) is 11.4 Å². The fraction of sp³-hybridized carbons (Fsp3) is 0.368. The molecule has 0 bridgehead atoms. The highest BCUT2D eigenvalue weighted by atomic mass is 35.5. The average molecular weight is 397 g/mol. The summed E-state index contributed by atoms with van der Waals surface area (Å²) >= 11 is 6.29. The van der Waals surface area contributed by atoms with Crippen LogP contribution in [0.25, 0.3) is 0 Å². The zero-order valence-corrected chi connectivity index (χ0v) is 17.3. The molecule has 0 radical (unpaired) electrons. The van der Waals surface area contributed by atoms with Crippen molar-refractivity contribution in [2.45, 2.75) is 19.6 Å². The van der Waals surface area contributed by atoms with Crippen molar-refractivity contribution in [3.8, 4) is 0 Å². The van der Waals surface area contributed by atoms with E-state index >= 15 is 0 Å². The minimum atomic E-state index is -3.46. The molecule has 5 nitrogen and oxygen atoms in total. The van der Waals surface area contributed by atoms with Gasteiger partial charge in [-0.15, -0.1) is 0 Å². The Bertz CT molecular complexity index is 743. The molecule has 2 rings (SSSR count). The second-order valence-corrected chi connectivity index (χ2v) is 8.41. The summed E-state index contributed by atoms with van der Waals surface area (Å²) in [6.07, 6.45) is 0. The molecule has 0 aliphatic heterocycles. The molecule has 7 heteroatoms. The van der Waals surface area contributed by atoms with Crippen LogP contribution in [0, 0.1) is 0 Å². The third-order valence-corrected chi connectivity index (χ3v) is 6.45. The molecule has 0 aliphatic carbocycles. The number of benzene rings is 2. The zero-order chi connectivity index (χ0) is 19.2. The van der Waals surface area contributed by atoms with Gasteiger partial charge in [0.15, 0.2) is 5.78 Å². The summed E-state index contributed by atoms with van der Waals surface area (Å²) in [6.45, 7) is 4.17. The second-order valence-electron chi connectivity index (χ2n) is 5.89. The van der Waals surface area contributed by atoms with Crippen molar-refractivity contribution in [1.29, 1.82) is 0 Å². The molecule has 0 fully saturated rings. The summed E-state index contributed by atoms with van der Waals surface area (Å²) in [7, 11) is 0.485. The van der Waals surface area contributed by atoms with Gasteiger partial charge < -0.3 is 19.3 Å². The molecule has 142 valence electrons. The van der Waals surface area contributed by atoms with E-state index in [2.05, 4.69) is 5.32 Å². The van der Waals surface area contributed by atoms with Crippen molar-refractivity contribution in [2.75, 3.05) is 37.5 Å². The first-order chi connectivity index (χ1) is 12.4. The first-order valence-electron chi connectivity index (χ1n) is 8.58. The maximum Gasteiger partial charge on any atom is 0.357 e. The predicted molar refractivity (Wildman–Crippen MR) is 109 cm³/mol. The molecule has 0 aromatic heterocycles. The number of para-hydroxylation sites is 1. The maximum atomic E-state index is 13.5. The van der Waals surface area contributed by atoms with E-state index in [9.17, 15) is 4.57 Å². The minimum Gasteiger partial charge on any atom is -0.378 e. The molecule has 2 aromatic rings. The van der Waals surface area contributed by atoms with Crippen LogP contribution in [0.1, 0.15) is 25.2 Å². The molecular formula is C19H26ClN2O3P. The van der Waals surface area contributed by atoms with E-state index in [1.54, 1.807) is 19.9 Å². The molecule has 0 spiro atoms. The Balaban J connectivity index is 2.46. The molecule has 0 saturated carbocycles. The lowest BCUT2D eigenvalue weighted by molar-refractivity contribution is 0.214. The SMILES string of the molecule is CCOP(=O)(OCC)C(Nc1ccccc1Cl)c1ccc(N(C)C)cc1. The van der Waals surface area contributed by atoms with Crippen LogP contribution in [0.2, 0.25) is 5.02 Å². The Kier molecular flexibility index (Phi) is 7.54. The van der Waals surface area contributed by atoms with Crippen LogP contribution in [0.5, 0.6) is 0 Å². The van der Waals surface area contributed by atoms with Crippen molar-refractivity contribution < 1.29 is 13.6 Å². The highest BCUT2D eigenvalue weighted by Gasteiger charge is 2.37. The summed E-state index contributed by atoms with van der Waals surface area (Å²) < 4.78 is 24.7. The number of halogens is 1. The van der Waals surface area contributed by atoms with Gasteiger partial charge in [-0.2, -0.15) is 0 Å². The molecule has 0 saturated heterocycles. The molecule has 26 heavy (non-hydrogen) atoms. The summed E-state index contributed by atoms with van der Waals surface area (Å²) in [5.74, 6) is -0.668. The van der Waals surface area contributed by atoms with Crippen molar-refractivity contribution >= 4 is 30.6 Å². The third-order valence-electron chi connectivity index (χ3n) is 3.83. The first kappa shape index (κ1) is 20.8. The minimum absolute atomic E-state index is 0.285. The van der Waals surface area contributed by atoms with Crippen molar-refractivity contribution in [1.82, 2.24) is 0 Å². The fourth-order valence-corrected chi connectivity index (χ4v) is 4.69. The molecule has 0 amide bonds. The van der Waals surface area contributed by atoms with Gasteiger partial charge >= 0.3 is 7.60 Å². The second kappa shape index (κ2) is 9.43. The molecule has 0 aliphatic rings. The van der Waals surface area contributed by atoms with Crippen LogP contribution in [-0.2, 0) is 13.6 Å². The third kappa shape index (κ3) is 5.01. The number of hydrogen-bond acceptors (Lipinski definition) is 5. The molecule has 1 N–H and O–H groups in total. The summed E-state index contributed by atoms with van der Waals surface area (Å²) in [5, 5.41) is 3.81. The molecule has 0 heterocycles. The van der Waals surface area contributed by atoms with Crippen LogP contribution in [0.3, 0.4) is 0 Å². The Hall–Kier alpha value is -1.52. The standard InChI is InChI=1S/C19H26ClN2O3P/c1-5-24-26(23,25-6-2)19(21-18-10-8-7-9-17(18)20)15-11-13-16(14-12-15)22(3)4/h7-14,19,21H,5-6H2,1-4H3. The van der Waals surface area contributed by atoms with Crippen molar-refractivity contribution in [2.24, 2.45) is 0 Å². The number of rotatable bonds is 9. The van der Waals surface area contributed by atoms with Gasteiger partial charge in [0.05, 0.1) is 23.9 Å². The van der Waals surface area contributed by atoms with E-state index in [1.807, 2.05) is 61.5 Å². The van der Waals surface area contributed by atoms with Crippen LogP contribution in [-0.4, -0.2) is 27.3 Å². The van der Waals surface area contributed by atoms with Crippen LogP contribution < -0.4 is 10.2 Å². The van der Waals surface area contributed by atoms with E-state index < -0.39 is 13.4 Å². The van der Waals surface area contributed by atoms with Gasteiger partial charge in [-0.05, 0) is 43.7 Å². The van der Waals surface area contributed by atoms with Crippen molar-refractivity contribution in [3.63, 3.8) is 0 Å².